The van der Waals surface area contributed by atoms with Gasteiger partial charge in [-0.25, -0.2) is 18.0 Å². The van der Waals surface area contributed by atoms with Gasteiger partial charge in [0.05, 0.1) is 6.54 Å². The Morgan fingerprint density at radius 1 is 1.15 bits per heavy atom. The number of ether oxygens (including phenoxy) is 1. The summed E-state index contributed by atoms with van der Waals surface area (Å²) in [6.45, 7) is 4.65. The standard InChI is InChI=1S/C12H21F3N2O3/c1-12(2,3)20-11(19)16-6-4-5-9(18)17-7-8(13)10(14)15/h8,10H,4-7H2,1-3H3,(H,16,19)(H,17,18). The molecule has 0 fully saturated rings. The molecule has 8 heteroatoms. The van der Waals surface area contributed by atoms with E-state index >= 15 is 0 Å². The van der Waals surface area contributed by atoms with Crippen LogP contribution in [0.3, 0.4) is 0 Å². The molecule has 0 saturated carbocycles. The van der Waals surface area contributed by atoms with Crippen LogP contribution in [0.5, 0.6) is 0 Å². The second kappa shape index (κ2) is 8.65. The van der Waals surface area contributed by atoms with Crippen LogP contribution in [0.2, 0.25) is 0 Å². The van der Waals surface area contributed by atoms with Crippen molar-refractivity contribution in [3.8, 4) is 0 Å². The Bertz CT molecular complexity index is 320. The number of nitrogens with one attached hydrogen (secondary N) is 2. The van der Waals surface area contributed by atoms with Gasteiger partial charge < -0.3 is 15.4 Å². The summed E-state index contributed by atoms with van der Waals surface area (Å²) in [5.41, 5.74) is -0.604. The third-order valence-corrected chi connectivity index (χ3v) is 2.02. The molecule has 5 nitrogen and oxygen atoms in total. The van der Waals surface area contributed by atoms with E-state index in [9.17, 15) is 22.8 Å². The first-order valence-corrected chi connectivity index (χ1v) is 6.27. The molecule has 0 aliphatic carbocycles. The van der Waals surface area contributed by atoms with Crippen molar-refractivity contribution in [3.05, 3.63) is 0 Å². The Kier molecular flexibility index (Phi) is 8.02. The maximum absolute atomic E-state index is 12.5. The van der Waals surface area contributed by atoms with Crippen molar-refractivity contribution in [3.63, 3.8) is 0 Å². The van der Waals surface area contributed by atoms with Crippen molar-refractivity contribution in [1.82, 2.24) is 10.6 Å². The summed E-state index contributed by atoms with van der Waals surface area (Å²) in [6.07, 6.45) is -5.76. The van der Waals surface area contributed by atoms with E-state index in [0.29, 0.717) is 6.42 Å². The first kappa shape index (κ1) is 18.5. The molecule has 0 aromatic rings. The zero-order valence-electron chi connectivity index (χ0n) is 11.8. The molecule has 20 heavy (non-hydrogen) atoms. The topological polar surface area (TPSA) is 67.4 Å². The van der Waals surface area contributed by atoms with Crippen molar-refractivity contribution in [2.24, 2.45) is 0 Å². The predicted octanol–water partition coefficient (Wildman–Crippen LogP) is 2.01. The average Bonchev–Trinajstić information content (AvgIpc) is 2.29. The summed E-state index contributed by atoms with van der Waals surface area (Å²) in [4.78, 5) is 22.4. The molecule has 2 amide bonds. The van der Waals surface area contributed by atoms with Crippen LogP contribution in [0.15, 0.2) is 0 Å². The van der Waals surface area contributed by atoms with E-state index < -0.39 is 36.7 Å². The molecule has 0 aromatic carbocycles. The van der Waals surface area contributed by atoms with Gasteiger partial charge in [0.1, 0.15) is 5.60 Å². The van der Waals surface area contributed by atoms with Crippen LogP contribution >= 0.6 is 0 Å². The maximum Gasteiger partial charge on any atom is 0.407 e. The van der Waals surface area contributed by atoms with E-state index in [2.05, 4.69) is 10.6 Å². The van der Waals surface area contributed by atoms with Crippen molar-refractivity contribution in [2.75, 3.05) is 13.1 Å². The fourth-order valence-electron chi connectivity index (χ4n) is 1.14. The number of carbonyl (C=O) groups excluding carboxylic acids is 2. The highest BCUT2D eigenvalue weighted by molar-refractivity contribution is 5.76. The predicted molar refractivity (Wildman–Crippen MR) is 67.4 cm³/mol. The van der Waals surface area contributed by atoms with Crippen LogP contribution in [-0.2, 0) is 9.53 Å². The number of alkyl carbamates (subject to hydrolysis) is 1. The molecule has 1 atom stereocenters. The molecule has 0 rings (SSSR count). The summed E-state index contributed by atoms with van der Waals surface area (Å²) < 4.78 is 41.1. The monoisotopic (exact) mass is 298 g/mol. The lowest BCUT2D eigenvalue weighted by atomic mass is 10.2. The fraction of sp³-hybridized carbons (Fsp3) is 0.833. The molecule has 0 heterocycles. The van der Waals surface area contributed by atoms with Crippen LogP contribution in [-0.4, -0.2) is 43.3 Å². The molecule has 0 spiro atoms. The number of halogens is 3. The smallest absolute Gasteiger partial charge is 0.407 e. The Labute approximate surface area is 116 Å². The number of hydrogen-bond acceptors (Lipinski definition) is 3. The van der Waals surface area contributed by atoms with Gasteiger partial charge in [0.2, 0.25) is 5.91 Å². The van der Waals surface area contributed by atoms with Gasteiger partial charge in [-0.1, -0.05) is 0 Å². The van der Waals surface area contributed by atoms with Gasteiger partial charge in [-0.05, 0) is 27.2 Å². The molecule has 0 saturated heterocycles. The second-order valence-electron chi connectivity index (χ2n) is 5.19. The molecule has 2 N–H and O–H groups in total. The van der Waals surface area contributed by atoms with Crippen LogP contribution in [0.4, 0.5) is 18.0 Å². The SMILES string of the molecule is CC(C)(C)OC(=O)NCCCC(=O)NCC(F)C(F)F. The number of rotatable bonds is 7. The molecule has 0 radical (unpaired) electrons. The fourth-order valence-corrected chi connectivity index (χ4v) is 1.14. The largest absolute Gasteiger partial charge is 0.444 e. The van der Waals surface area contributed by atoms with Gasteiger partial charge in [0, 0.05) is 13.0 Å². The lowest BCUT2D eigenvalue weighted by molar-refractivity contribution is -0.121. The quantitative estimate of drug-likeness (QED) is 0.707. The first-order chi connectivity index (χ1) is 9.11. The second-order valence-corrected chi connectivity index (χ2v) is 5.19. The molecular weight excluding hydrogens is 277 g/mol. The normalized spacial score (nSPS) is 12.9. The van der Waals surface area contributed by atoms with Crippen molar-refractivity contribution in [2.45, 2.75) is 51.8 Å². The molecular formula is C12H21F3N2O3. The minimum absolute atomic E-state index is 0.00571. The van der Waals surface area contributed by atoms with Crippen LogP contribution in [0.25, 0.3) is 0 Å². The van der Waals surface area contributed by atoms with Gasteiger partial charge in [-0.3, -0.25) is 4.79 Å². The summed E-state index contributed by atoms with van der Waals surface area (Å²) in [5.74, 6) is -0.542. The minimum Gasteiger partial charge on any atom is -0.444 e. The molecule has 0 aliphatic heterocycles. The highest BCUT2D eigenvalue weighted by Gasteiger charge is 2.19. The molecule has 118 valence electrons. The van der Waals surface area contributed by atoms with E-state index in [1.165, 1.54) is 0 Å². The summed E-state index contributed by atoms with van der Waals surface area (Å²) >= 11 is 0. The van der Waals surface area contributed by atoms with Crippen molar-refractivity contribution < 1.29 is 27.5 Å². The summed E-state index contributed by atoms with van der Waals surface area (Å²) in [5, 5.41) is 4.49. The van der Waals surface area contributed by atoms with Gasteiger partial charge in [0.25, 0.3) is 6.43 Å². The van der Waals surface area contributed by atoms with Crippen molar-refractivity contribution in [1.29, 1.82) is 0 Å². The highest BCUT2D eigenvalue weighted by Crippen LogP contribution is 2.06. The Hall–Kier alpha value is -1.47. The summed E-state index contributed by atoms with van der Waals surface area (Å²) in [7, 11) is 0. The first-order valence-electron chi connectivity index (χ1n) is 6.27. The zero-order valence-corrected chi connectivity index (χ0v) is 11.8. The van der Waals surface area contributed by atoms with E-state index in [1.54, 1.807) is 20.8 Å². The third kappa shape index (κ3) is 10.5. The number of carbonyl (C=O) groups is 2. The Morgan fingerprint density at radius 2 is 1.75 bits per heavy atom. The lowest BCUT2D eigenvalue weighted by Gasteiger charge is -2.19. The number of alkyl halides is 3. The minimum atomic E-state index is -3.11. The molecule has 1 unspecified atom stereocenters. The summed E-state index contributed by atoms with van der Waals surface area (Å²) in [6, 6.07) is 0. The van der Waals surface area contributed by atoms with Gasteiger partial charge in [-0.15, -0.1) is 0 Å². The Balaban J connectivity index is 3.65. The van der Waals surface area contributed by atoms with E-state index in [4.69, 9.17) is 4.74 Å². The van der Waals surface area contributed by atoms with E-state index in [1.807, 2.05) is 0 Å². The van der Waals surface area contributed by atoms with Gasteiger partial charge in [-0.2, -0.15) is 0 Å². The maximum atomic E-state index is 12.5. The van der Waals surface area contributed by atoms with Crippen LogP contribution in [0, 0.1) is 0 Å². The molecule has 0 aromatic heterocycles. The third-order valence-electron chi connectivity index (χ3n) is 2.02. The van der Waals surface area contributed by atoms with Crippen LogP contribution < -0.4 is 10.6 Å². The van der Waals surface area contributed by atoms with Crippen molar-refractivity contribution >= 4 is 12.0 Å². The zero-order chi connectivity index (χ0) is 15.8. The Morgan fingerprint density at radius 3 is 2.25 bits per heavy atom. The number of hydrogen-bond donors (Lipinski definition) is 2. The van der Waals surface area contributed by atoms with Crippen LogP contribution in [0.1, 0.15) is 33.6 Å². The van der Waals surface area contributed by atoms with Gasteiger partial charge in [0.15, 0.2) is 6.17 Å². The van der Waals surface area contributed by atoms with E-state index in [0.717, 1.165) is 0 Å². The molecule has 0 bridgehead atoms. The molecule has 0 aliphatic rings. The van der Waals surface area contributed by atoms with Gasteiger partial charge >= 0.3 is 6.09 Å². The number of amides is 2. The highest BCUT2D eigenvalue weighted by atomic mass is 19.3. The lowest BCUT2D eigenvalue weighted by Crippen LogP contribution is -2.35. The van der Waals surface area contributed by atoms with E-state index in [-0.39, 0.29) is 13.0 Å². The average molecular weight is 298 g/mol.